The lowest BCUT2D eigenvalue weighted by Gasteiger charge is -2.21. The second kappa shape index (κ2) is 10.7. The third-order valence-electron chi connectivity index (χ3n) is 5.89. The molecular formula is C25H26FN5O3. The Kier molecular flexibility index (Phi) is 7.31. The molecule has 1 atom stereocenters. The van der Waals surface area contributed by atoms with Gasteiger partial charge in [-0.1, -0.05) is 31.7 Å². The molecule has 0 bridgehead atoms. The third kappa shape index (κ3) is 6.06. The van der Waals surface area contributed by atoms with E-state index in [1.807, 2.05) is 0 Å². The normalized spacial score (nSPS) is 14.4. The quantitative estimate of drug-likeness (QED) is 0.403. The minimum absolute atomic E-state index is 0.243. The van der Waals surface area contributed by atoms with Crippen LogP contribution in [-0.4, -0.2) is 27.8 Å². The van der Waals surface area contributed by atoms with Gasteiger partial charge in [0.25, 0.3) is 5.91 Å². The van der Waals surface area contributed by atoms with Gasteiger partial charge in [0, 0.05) is 29.7 Å². The van der Waals surface area contributed by atoms with E-state index in [1.54, 1.807) is 24.3 Å². The number of rotatable bonds is 8. The maximum atomic E-state index is 13.9. The number of anilines is 3. The number of halogens is 1. The molecule has 0 spiro atoms. The Morgan fingerprint density at radius 1 is 1.12 bits per heavy atom. The van der Waals surface area contributed by atoms with Crippen molar-refractivity contribution in [3.63, 3.8) is 0 Å². The largest absolute Gasteiger partial charge is 0.353 e. The first-order valence-corrected chi connectivity index (χ1v) is 11.2. The van der Waals surface area contributed by atoms with Crippen molar-refractivity contribution in [3.8, 4) is 0 Å². The fourth-order valence-electron chi connectivity index (χ4n) is 4.14. The van der Waals surface area contributed by atoms with Crippen molar-refractivity contribution < 1.29 is 14.0 Å². The van der Waals surface area contributed by atoms with E-state index in [0.29, 0.717) is 29.3 Å². The van der Waals surface area contributed by atoms with Gasteiger partial charge in [0.05, 0.1) is 17.6 Å². The summed E-state index contributed by atoms with van der Waals surface area (Å²) in [6.45, 7) is 0. The number of nitrogens with one attached hydrogen (secondary N) is 4. The van der Waals surface area contributed by atoms with E-state index in [0.717, 1.165) is 31.9 Å². The molecule has 0 aliphatic heterocycles. The minimum Gasteiger partial charge on any atom is -0.353 e. The van der Waals surface area contributed by atoms with Crippen molar-refractivity contribution in [1.29, 1.82) is 0 Å². The second-order valence-electron chi connectivity index (χ2n) is 8.40. The van der Waals surface area contributed by atoms with Gasteiger partial charge in [-0.05, 0) is 42.7 Å². The zero-order valence-corrected chi connectivity index (χ0v) is 18.5. The topological polar surface area (TPSA) is 116 Å². The Balaban J connectivity index is 1.48. The van der Waals surface area contributed by atoms with Crippen LogP contribution in [0.1, 0.15) is 42.5 Å². The molecule has 176 valence electrons. The average Bonchev–Trinajstić information content (AvgIpc) is 3.35. The maximum Gasteiger partial charge on any atom is 0.252 e. The number of hydrogen-bond acceptors (Lipinski definition) is 5. The fourth-order valence-corrected chi connectivity index (χ4v) is 4.14. The van der Waals surface area contributed by atoms with E-state index in [4.69, 9.17) is 0 Å². The third-order valence-corrected chi connectivity index (χ3v) is 5.89. The number of H-pyrrole nitrogens is 1. The van der Waals surface area contributed by atoms with Crippen molar-refractivity contribution in [2.75, 3.05) is 10.6 Å². The van der Waals surface area contributed by atoms with Crippen LogP contribution in [-0.2, 0) is 4.79 Å². The molecule has 2 amide bonds. The van der Waals surface area contributed by atoms with Crippen molar-refractivity contribution in [1.82, 2.24) is 15.3 Å². The number of carbonyl (C=O) groups excluding carboxylic acids is 2. The van der Waals surface area contributed by atoms with E-state index in [1.165, 1.54) is 30.6 Å². The number of nitrogens with zero attached hydrogens (tertiary/aromatic N) is 1. The van der Waals surface area contributed by atoms with Gasteiger partial charge in [-0.15, -0.1) is 0 Å². The number of aromatic nitrogens is 2. The Hall–Kier alpha value is -4.01. The lowest BCUT2D eigenvalue weighted by Crippen LogP contribution is -2.44. The summed E-state index contributed by atoms with van der Waals surface area (Å²) in [5.74, 6) is -0.902. The summed E-state index contributed by atoms with van der Waals surface area (Å²) in [6, 6.07) is 10.2. The molecule has 1 fully saturated rings. The second-order valence-corrected chi connectivity index (χ2v) is 8.40. The van der Waals surface area contributed by atoms with Crippen molar-refractivity contribution in [2.45, 2.75) is 38.1 Å². The molecule has 0 unspecified atom stereocenters. The van der Waals surface area contributed by atoms with Crippen LogP contribution in [0.3, 0.4) is 0 Å². The number of pyridine rings is 2. The van der Waals surface area contributed by atoms with Gasteiger partial charge >= 0.3 is 0 Å². The summed E-state index contributed by atoms with van der Waals surface area (Å²) in [4.78, 5) is 43.6. The van der Waals surface area contributed by atoms with Gasteiger partial charge in [0.1, 0.15) is 6.04 Å². The number of amides is 2. The molecule has 9 heteroatoms. The molecule has 1 aliphatic carbocycles. The zero-order valence-electron chi connectivity index (χ0n) is 18.5. The predicted octanol–water partition coefficient (Wildman–Crippen LogP) is 3.97. The molecule has 4 N–H and O–H groups in total. The highest BCUT2D eigenvalue weighted by molar-refractivity contribution is 6.01. The SMILES string of the molecule is O=C(N[C@H](CC1CCCC1)C(=O)Nc1ccc(=O)[nH]c1)c1cccc(Nc2ccncc2F)c1. The molecule has 0 radical (unpaired) electrons. The Bertz CT molecular complexity index is 1200. The van der Waals surface area contributed by atoms with E-state index in [-0.39, 0.29) is 17.2 Å². The summed E-state index contributed by atoms with van der Waals surface area (Å²) in [5.41, 5.74) is 1.29. The molecule has 2 heterocycles. The minimum atomic E-state index is -0.739. The highest BCUT2D eigenvalue weighted by atomic mass is 19.1. The molecule has 1 aliphatic rings. The average molecular weight is 464 g/mol. The molecule has 34 heavy (non-hydrogen) atoms. The Morgan fingerprint density at radius 3 is 2.68 bits per heavy atom. The van der Waals surface area contributed by atoms with Crippen LogP contribution >= 0.6 is 0 Å². The maximum absolute atomic E-state index is 13.9. The van der Waals surface area contributed by atoms with Gasteiger partial charge < -0.3 is 20.9 Å². The summed E-state index contributed by atoms with van der Waals surface area (Å²) in [6.07, 6.45) is 8.80. The standard InChI is InChI=1S/C25H26FN5O3/c26-20-15-27-11-10-21(20)29-18-7-3-6-17(13-18)24(33)31-22(12-16-4-1-2-5-16)25(34)30-19-8-9-23(32)28-14-19/h3,6-11,13-16,22H,1-2,4-5,12H2,(H,27,29)(H,28,32)(H,30,34)(H,31,33)/t22-/m1/s1. The Morgan fingerprint density at radius 2 is 1.94 bits per heavy atom. The van der Waals surface area contributed by atoms with Crippen molar-refractivity contribution >= 4 is 28.9 Å². The zero-order chi connectivity index (χ0) is 23.9. The van der Waals surface area contributed by atoms with Gasteiger partial charge in [-0.25, -0.2) is 4.39 Å². The number of benzene rings is 1. The summed E-state index contributed by atoms with van der Waals surface area (Å²) in [5, 5.41) is 8.56. The summed E-state index contributed by atoms with van der Waals surface area (Å²) >= 11 is 0. The van der Waals surface area contributed by atoms with E-state index in [9.17, 15) is 18.8 Å². The highest BCUT2D eigenvalue weighted by Gasteiger charge is 2.27. The van der Waals surface area contributed by atoms with Crippen molar-refractivity contribution in [2.24, 2.45) is 5.92 Å². The molecule has 0 saturated heterocycles. The van der Waals surface area contributed by atoms with E-state index >= 15 is 0 Å². The van der Waals surface area contributed by atoms with E-state index < -0.39 is 17.8 Å². The first-order valence-electron chi connectivity index (χ1n) is 11.2. The van der Waals surface area contributed by atoms with Gasteiger partial charge in [-0.2, -0.15) is 0 Å². The molecule has 2 aromatic heterocycles. The van der Waals surface area contributed by atoms with Crippen LogP contribution in [0.25, 0.3) is 0 Å². The van der Waals surface area contributed by atoms with Gasteiger partial charge in [0.15, 0.2) is 5.82 Å². The number of aromatic amines is 1. The van der Waals surface area contributed by atoms with Crippen LogP contribution < -0.4 is 21.5 Å². The summed E-state index contributed by atoms with van der Waals surface area (Å²) in [7, 11) is 0. The number of carbonyl (C=O) groups is 2. The highest BCUT2D eigenvalue weighted by Crippen LogP contribution is 2.29. The molecule has 1 saturated carbocycles. The monoisotopic (exact) mass is 463 g/mol. The molecule has 8 nitrogen and oxygen atoms in total. The van der Waals surface area contributed by atoms with Crippen LogP contribution in [0.4, 0.5) is 21.5 Å². The number of hydrogen-bond donors (Lipinski definition) is 4. The van der Waals surface area contributed by atoms with E-state index in [2.05, 4.69) is 25.9 Å². The van der Waals surface area contributed by atoms with Crippen LogP contribution in [0.15, 0.2) is 65.8 Å². The summed E-state index contributed by atoms with van der Waals surface area (Å²) < 4.78 is 13.9. The molecular weight excluding hydrogens is 437 g/mol. The first kappa shape index (κ1) is 23.2. The van der Waals surface area contributed by atoms with Crippen LogP contribution in [0.2, 0.25) is 0 Å². The predicted molar refractivity (Wildman–Crippen MR) is 127 cm³/mol. The lowest BCUT2D eigenvalue weighted by molar-refractivity contribution is -0.118. The van der Waals surface area contributed by atoms with Crippen LogP contribution in [0.5, 0.6) is 0 Å². The van der Waals surface area contributed by atoms with Gasteiger partial charge in [0.2, 0.25) is 11.5 Å². The molecule has 3 aromatic rings. The van der Waals surface area contributed by atoms with Crippen molar-refractivity contribution in [3.05, 3.63) is 82.8 Å². The smallest absolute Gasteiger partial charge is 0.252 e. The first-order chi connectivity index (χ1) is 16.5. The molecule has 4 rings (SSSR count). The lowest BCUT2D eigenvalue weighted by atomic mass is 9.97. The molecule has 1 aromatic carbocycles. The van der Waals surface area contributed by atoms with Gasteiger partial charge in [-0.3, -0.25) is 19.4 Å². The Labute approximate surface area is 196 Å². The van der Waals surface area contributed by atoms with Crippen LogP contribution in [0, 0.1) is 11.7 Å². The fraction of sp³-hybridized carbons (Fsp3) is 0.280.